The molecular formula is C23H26F2N2O. The molecule has 0 radical (unpaired) electrons. The Morgan fingerprint density at radius 1 is 1.00 bits per heavy atom. The van der Waals surface area contributed by atoms with Crippen LogP contribution in [0.15, 0.2) is 42.5 Å². The SMILES string of the molecule is COc1ccccc1CN1C[C@@H](c2cccc(F)c2F)[C@@H]2[C@H]1C1CCN2CC1. The van der Waals surface area contributed by atoms with E-state index in [-0.39, 0.29) is 12.0 Å². The van der Waals surface area contributed by atoms with Crippen molar-refractivity contribution in [2.24, 2.45) is 5.92 Å². The van der Waals surface area contributed by atoms with Crippen molar-refractivity contribution in [1.29, 1.82) is 0 Å². The third kappa shape index (κ3) is 2.83. The quantitative estimate of drug-likeness (QED) is 0.791. The summed E-state index contributed by atoms with van der Waals surface area (Å²) in [6.45, 7) is 3.67. The topological polar surface area (TPSA) is 15.7 Å². The Balaban J connectivity index is 1.51. The van der Waals surface area contributed by atoms with Crippen LogP contribution in [0.2, 0.25) is 0 Å². The van der Waals surface area contributed by atoms with E-state index in [1.165, 1.54) is 18.9 Å². The molecule has 28 heavy (non-hydrogen) atoms. The average molecular weight is 384 g/mol. The second kappa shape index (κ2) is 7.12. The summed E-state index contributed by atoms with van der Waals surface area (Å²) in [6, 6.07) is 13.4. The van der Waals surface area contributed by atoms with Gasteiger partial charge >= 0.3 is 0 Å². The zero-order chi connectivity index (χ0) is 19.3. The maximum absolute atomic E-state index is 14.7. The van der Waals surface area contributed by atoms with Gasteiger partial charge in [-0.15, -0.1) is 0 Å². The summed E-state index contributed by atoms with van der Waals surface area (Å²) in [5.41, 5.74) is 1.69. The number of ether oxygens (including phenoxy) is 1. The van der Waals surface area contributed by atoms with E-state index in [2.05, 4.69) is 15.9 Å². The minimum atomic E-state index is -0.742. The summed E-state index contributed by atoms with van der Waals surface area (Å²) in [5, 5.41) is 0. The van der Waals surface area contributed by atoms with Crippen molar-refractivity contribution in [3.05, 3.63) is 65.2 Å². The summed E-state index contributed by atoms with van der Waals surface area (Å²) in [5.74, 6) is 0.104. The molecule has 0 amide bonds. The van der Waals surface area contributed by atoms with Crippen molar-refractivity contribution in [3.63, 3.8) is 0 Å². The molecule has 0 saturated carbocycles. The second-order valence-corrected chi connectivity index (χ2v) is 8.35. The zero-order valence-electron chi connectivity index (χ0n) is 16.2. The van der Waals surface area contributed by atoms with Gasteiger partial charge < -0.3 is 4.74 Å². The molecule has 3 nitrogen and oxygen atoms in total. The Bertz CT molecular complexity index is 865. The first-order chi connectivity index (χ1) is 13.7. The molecule has 4 aliphatic rings. The van der Waals surface area contributed by atoms with Crippen LogP contribution in [0.25, 0.3) is 0 Å². The van der Waals surface area contributed by atoms with Crippen LogP contribution in [-0.2, 0) is 6.54 Å². The molecule has 4 heterocycles. The fraction of sp³-hybridized carbons (Fsp3) is 0.478. The lowest BCUT2D eigenvalue weighted by molar-refractivity contribution is -0.00902. The number of benzene rings is 2. The van der Waals surface area contributed by atoms with E-state index in [9.17, 15) is 8.78 Å². The fourth-order valence-electron chi connectivity index (χ4n) is 5.85. The molecule has 0 spiro atoms. The van der Waals surface area contributed by atoms with Crippen molar-refractivity contribution in [3.8, 4) is 5.75 Å². The first kappa shape index (κ1) is 18.1. The molecule has 6 rings (SSSR count). The first-order valence-corrected chi connectivity index (χ1v) is 10.2. The summed E-state index contributed by atoms with van der Waals surface area (Å²) in [7, 11) is 1.70. The maximum atomic E-state index is 14.7. The third-order valence-corrected chi connectivity index (χ3v) is 7.04. The first-order valence-electron chi connectivity index (χ1n) is 10.2. The number of nitrogens with zero attached hydrogens (tertiary/aromatic N) is 2. The molecule has 0 aromatic heterocycles. The molecule has 4 saturated heterocycles. The smallest absolute Gasteiger partial charge is 0.162 e. The number of fused-ring (bicyclic) bond motifs is 2. The van der Waals surface area contributed by atoms with Crippen LogP contribution < -0.4 is 4.74 Å². The zero-order valence-corrected chi connectivity index (χ0v) is 16.2. The highest BCUT2D eigenvalue weighted by atomic mass is 19.2. The van der Waals surface area contributed by atoms with Gasteiger partial charge in [0.2, 0.25) is 0 Å². The van der Waals surface area contributed by atoms with E-state index < -0.39 is 11.6 Å². The molecule has 0 N–H and O–H groups in total. The van der Waals surface area contributed by atoms with Gasteiger partial charge in [-0.05, 0) is 49.5 Å². The van der Waals surface area contributed by atoms with E-state index in [1.54, 1.807) is 19.2 Å². The Hall–Kier alpha value is -1.98. The van der Waals surface area contributed by atoms with Crippen LogP contribution in [0.4, 0.5) is 8.78 Å². The number of rotatable bonds is 4. The van der Waals surface area contributed by atoms with Crippen molar-refractivity contribution in [2.45, 2.75) is 37.4 Å². The summed E-state index contributed by atoms with van der Waals surface area (Å²) in [4.78, 5) is 5.01. The van der Waals surface area contributed by atoms with Gasteiger partial charge in [0.1, 0.15) is 5.75 Å². The fourth-order valence-corrected chi connectivity index (χ4v) is 5.85. The van der Waals surface area contributed by atoms with Gasteiger partial charge in [-0.1, -0.05) is 30.3 Å². The van der Waals surface area contributed by atoms with Gasteiger partial charge in [0, 0.05) is 36.7 Å². The standard InChI is InChI=1S/C23H26F2N2O/c1-28-20-8-3-2-5-16(20)13-27-14-18(17-6-4-7-19(24)21(17)25)23-22(27)15-9-11-26(23)12-10-15/h2-8,15,18,22-23H,9-14H2,1H3/t18-,22+,23+/m0/s1. The minimum absolute atomic E-state index is 0.00138. The van der Waals surface area contributed by atoms with Gasteiger partial charge in [-0.2, -0.15) is 0 Å². The molecular weight excluding hydrogens is 358 g/mol. The van der Waals surface area contributed by atoms with E-state index in [4.69, 9.17) is 4.74 Å². The van der Waals surface area contributed by atoms with Crippen molar-refractivity contribution in [2.75, 3.05) is 26.7 Å². The predicted molar refractivity (Wildman–Crippen MR) is 104 cm³/mol. The molecule has 4 fully saturated rings. The van der Waals surface area contributed by atoms with Crippen LogP contribution in [0, 0.1) is 17.6 Å². The lowest BCUT2D eigenvalue weighted by Crippen LogP contribution is -2.60. The number of para-hydroxylation sites is 1. The van der Waals surface area contributed by atoms with E-state index in [0.29, 0.717) is 17.5 Å². The average Bonchev–Trinajstić information content (AvgIpc) is 3.13. The number of hydrogen-bond acceptors (Lipinski definition) is 3. The lowest BCUT2D eigenvalue weighted by atomic mass is 9.75. The summed E-state index contributed by atoms with van der Waals surface area (Å²) >= 11 is 0. The van der Waals surface area contributed by atoms with Crippen molar-refractivity contribution in [1.82, 2.24) is 9.80 Å². The second-order valence-electron chi connectivity index (χ2n) is 8.35. The van der Waals surface area contributed by atoms with Crippen LogP contribution >= 0.6 is 0 Å². The highest BCUT2D eigenvalue weighted by molar-refractivity contribution is 5.34. The van der Waals surface area contributed by atoms with Gasteiger partial charge in [-0.25, -0.2) is 8.78 Å². The van der Waals surface area contributed by atoms with Crippen molar-refractivity contribution < 1.29 is 13.5 Å². The normalized spacial score (nSPS) is 31.8. The Labute approximate surface area is 164 Å². The molecule has 2 aromatic carbocycles. The Morgan fingerprint density at radius 2 is 1.79 bits per heavy atom. The van der Waals surface area contributed by atoms with E-state index >= 15 is 0 Å². The molecule has 148 valence electrons. The van der Waals surface area contributed by atoms with Crippen molar-refractivity contribution >= 4 is 0 Å². The van der Waals surface area contributed by atoms with Gasteiger partial charge in [0.15, 0.2) is 11.6 Å². The number of hydrogen-bond donors (Lipinski definition) is 0. The summed E-state index contributed by atoms with van der Waals surface area (Å²) in [6.07, 6.45) is 2.39. The highest BCUT2D eigenvalue weighted by Gasteiger charge is 2.53. The molecule has 0 unspecified atom stereocenters. The maximum Gasteiger partial charge on any atom is 0.162 e. The van der Waals surface area contributed by atoms with E-state index in [0.717, 1.165) is 37.5 Å². The number of methoxy groups -OCH3 is 1. The molecule has 3 atom stereocenters. The number of piperidine rings is 3. The third-order valence-electron chi connectivity index (χ3n) is 7.04. The predicted octanol–water partition coefficient (Wildman–Crippen LogP) is 4.04. The van der Waals surface area contributed by atoms with Crippen LogP contribution in [0.3, 0.4) is 0 Å². The molecule has 4 aliphatic heterocycles. The van der Waals surface area contributed by atoms with Gasteiger partial charge in [-0.3, -0.25) is 9.80 Å². The minimum Gasteiger partial charge on any atom is -0.496 e. The number of halogens is 2. The molecule has 5 heteroatoms. The number of likely N-dealkylation sites (tertiary alicyclic amines) is 1. The van der Waals surface area contributed by atoms with Crippen LogP contribution in [-0.4, -0.2) is 48.6 Å². The van der Waals surface area contributed by atoms with Crippen LogP contribution in [0.1, 0.15) is 29.9 Å². The molecule has 2 bridgehead atoms. The van der Waals surface area contributed by atoms with Gasteiger partial charge in [0.25, 0.3) is 0 Å². The largest absolute Gasteiger partial charge is 0.496 e. The highest BCUT2D eigenvalue weighted by Crippen LogP contribution is 2.47. The lowest BCUT2D eigenvalue weighted by Gasteiger charge is -2.51. The monoisotopic (exact) mass is 384 g/mol. The Kier molecular flexibility index (Phi) is 4.60. The van der Waals surface area contributed by atoms with E-state index in [1.807, 2.05) is 18.2 Å². The summed E-state index contributed by atoms with van der Waals surface area (Å²) < 4.78 is 34.2. The molecule has 0 aliphatic carbocycles. The van der Waals surface area contributed by atoms with Crippen LogP contribution in [0.5, 0.6) is 5.75 Å². The molecule has 2 aromatic rings. The van der Waals surface area contributed by atoms with Gasteiger partial charge in [0.05, 0.1) is 7.11 Å². The Morgan fingerprint density at radius 3 is 2.57 bits per heavy atom.